The van der Waals surface area contributed by atoms with E-state index in [0.29, 0.717) is 34.0 Å². The number of anilines is 1. The molecule has 3 nitrogen and oxygen atoms in total. The van der Waals surface area contributed by atoms with Crippen molar-refractivity contribution in [1.82, 2.24) is 0 Å². The van der Waals surface area contributed by atoms with E-state index in [2.05, 4.69) is 15.9 Å². The normalized spacial score (nSPS) is 13.3. The molecule has 6 heteroatoms. The van der Waals surface area contributed by atoms with Gasteiger partial charge in [0.2, 0.25) is 0 Å². The number of nitrogen functional groups attached to an aromatic ring is 1. The minimum Gasteiger partial charge on any atom is -0.486 e. The summed E-state index contributed by atoms with van der Waals surface area (Å²) >= 11 is 4.50. The molecule has 2 N–H and O–H groups in total. The molecule has 0 radical (unpaired) electrons. The van der Waals surface area contributed by atoms with Crippen LogP contribution in [0.5, 0.6) is 11.5 Å². The minimum atomic E-state index is -0.334. The summed E-state index contributed by atoms with van der Waals surface area (Å²) in [4.78, 5) is 1.59. The summed E-state index contributed by atoms with van der Waals surface area (Å²) in [6, 6.07) is 8.61. The zero-order valence-corrected chi connectivity index (χ0v) is 12.8. The van der Waals surface area contributed by atoms with Crippen LogP contribution in [-0.2, 0) is 0 Å². The lowest BCUT2D eigenvalue weighted by molar-refractivity contribution is 0.171. The van der Waals surface area contributed by atoms with Crippen molar-refractivity contribution in [3.8, 4) is 11.5 Å². The van der Waals surface area contributed by atoms with Gasteiger partial charge in [0.25, 0.3) is 0 Å². The highest BCUT2D eigenvalue weighted by molar-refractivity contribution is 9.10. The first-order valence-electron chi connectivity index (χ1n) is 5.95. The van der Waals surface area contributed by atoms with Crippen molar-refractivity contribution < 1.29 is 13.9 Å². The van der Waals surface area contributed by atoms with Crippen LogP contribution in [0.15, 0.2) is 44.6 Å². The van der Waals surface area contributed by atoms with Crippen LogP contribution in [0, 0.1) is 5.82 Å². The maximum Gasteiger partial charge on any atom is 0.162 e. The van der Waals surface area contributed by atoms with E-state index < -0.39 is 0 Å². The Morgan fingerprint density at radius 1 is 1.10 bits per heavy atom. The van der Waals surface area contributed by atoms with Crippen LogP contribution in [0.2, 0.25) is 0 Å². The molecule has 0 amide bonds. The molecule has 2 aromatic carbocycles. The summed E-state index contributed by atoms with van der Waals surface area (Å²) in [5.41, 5.74) is 6.43. The summed E-state index contributed by atoms with van der Waals surface area (Å²) in [6.45, 7) is 1.10. The molecule has 0 unspecified atom stereocenters. The van der Waals surface area contributed by atoms with Gasteiger partial charge in [-0.3, -0.25) is 0 Å². The van der Waals surface area contributed by atoms with E-state index in [1.807, 2.05) is 18.2 Å². The van der Waals surface area contributed by atoms with Crippen molar-refractivity contribution >= 4 is 33.4 Å². The average molecular weight is 356 g/mol. The van der Waals surface area contributed by atoms with E-state index in [4.69, 9.17) is 15.2 Å². The number of benzene rings is 2. The minimum absolute atomic E-state index is 0.334. The third kappa shape index (κ3) is 2.71. The van der Waals surface area contributed by atoms with Gasteiger partial charge in [0.1, 0.15) is 19.0 Å². The third-order valence-electron chi connectivity index (χ3n) is 2.79. The Labute approximate surface area is 128 Å². The van der Waals surface area contributed by atoms with Gasteiger partial charge in [-0.25, -0.2) is 4.39 Å². The number of hydrogen-bond donors (Lipinski definition) is 1. The van der Waals surface area contributed by atoms with E-state index in [1.165, 1.54) is 17.8 Å². The lowest BCUT2D eigenvalue weighted by atomic mass is 10.3. The number of halogens is 2. The molecule has 104 valence electrons. The number of ether oxygens (including phenoxy) is 2. The first-order chi connectivity index (χ1) is 9.63. The SMILES string of the molecule is Nc1cc(Br)c(F)cc1Sc1ccc2c(c1)OCCO2. The van der Waals surface area contributed by atoms with Gasteiger partial charge in [-0.1, -0.05) is 11.8 Å². The van der Waals surface area contributed by atoms with Crippen LogP contribution in [0.4, 0.5) is 10.1 Å². The number of fused-ring (bicyclic) bond motifs is 1. The summed E-state index contributed by atoms with van der Waals surface area (Å²) in [5.74, 6) is 1.10. The topological polar surface area (TPSA) is 44.5 Å². The molecule has 1 aliphatic rings. The molecule has 20 heavy (non-hydrogen) atoms. The van der Waals surface area contributed by atoms with E-state index >= 15 is 0 Å². The second-order valence-corrected chi connectivity index (χ2v) is 6.18. The van der Waals surface area contributed by atoms with Gasteiger partial charge in [-0.05, 0) is 46.3 Å². The Bertz CT molecular complexity index is 666. The van der Waals surface area contributed by atoms with Gasteiger partial charge < -0.3 is 15.2 Å². The van der Waals surface area contributed by atoms with Gasteiger partial charge in [-0.2, -0.15) is 0 Å². The summed E-state index contributed by atoms with van der Waals surface area (Å²) < 4.78 is 24.9. The number of rotatable bonds is 2. The fraction of sp³-hybridized carbons (Fsp3) is 0.143. The molecule has 0 atom stereocenters. The maximum absolute atomic E-state index is 13.6. The fourth-order valence-electron chi connectivity index (χ4n) is 1.85. The predicted molar refractivity (Wildman–Crippen MR) is 80.1 cm³/mol. The standard InChI is InChI=1S/C14H11BrFNO2S/c15-9-6-11(17)14(7-10(9)16)20-8-1-2-12-13(5-8)19-4-3-18-12/h1-2,5-7H,3-4,17H2. The fourth-order valence-corrected chi connectivity index (χ4v) is 3.10. The zero-order chi connectivity index (χ0) is 14.1. The van der Waals surface area contributed by atoms with Gasteiger partial charge in [-0.15, -0.1) is 0 Å². The van der Waals surface area contributed by atoms with Crippen LogP contribution >= 0.6 is 27.7 Å². The lowest BCUT2D eigenvalue weighted by Gasteiger charge is -2.18. The lowest BCUT2D eigenvalue weighted by Crippen LogP contribution is -2.15. The largest absolute Gasteiger partial charge is 0.486 e. The van der Waals surface area contributed by atoms with Crippen LogP contribution in [-0.4, -0.2) is 13.2 Å². The van der Waals surface area contributed by atoms with Crippen molar-refractivity contribution in [1.29, 1.82) is 0 Å². The maximum atomic E-state index is 13.6. The first-order valence-corrected chi connectivity index (χ1v) is 7.56. The Kier molecular flexibility index (Phi) is 3.76. The molecule has 0 aliphatic carbocycles. The first kappa shape index (κ1) is 13.6. The molecular formula is C14H11BrFNO2S. The molecule has 3 rings (SSSR count). The Hall–Kier alpha value is -1.40. The molecular weight excluding hydrogens is 345 g/mol. The highest BCUT2D eigenvalue weighted by Gasteiger charge is 2.13. The molecule has 1 aliphatic heterocycles. The Morgan fingerprint density at radius 3 is 2.65 bits per heavy atom. The molecule has 0 bridgehead atoms. The molecule has 0 saturated heterocycles. The molecule has 1 heterocycles. The molecule has 0 aromatic heterocycles. The van der Waals surface area contributed by atoms with Crippen molar-refractivity contribution in [3.63, 3.8) is 0 Å². The van der Waals surface area contributed by atoms with E-state index in [9.17, 15) is 4.39 Å². The summed E-state index contributed by atoms with van der Waals surface area (Å²) in [6.07, 6.45) is 0. The van der Waals surface area contributed by atoms with Crippen molar-refractivity contribution in [2.75, 3.05) is 18.9 Å². The average Bonchev–Trinajstić information content (AvgIpc) is 2.44. The molecule has 0 spiro atoms. The molecule has 0 saturated carbocycles. The van der Waals surface area contributed by atoms with Crippen LogP contribution in [0.1, 0.15) is 0 Å². The van der Waals surface area contributed by atoms with E-state index in [0.717, 1.165) is 10.6 Å². The van der Waals surface area contributed by atoms with Gasteiger partial charge in [0, 0.05) is 15.5 Å². The second kappa shape index (κ2) is 5.54. The monoisotopic (exact) mass is 355 g/mol. The van der Waals surface area contributed by atoms with E-state index in [1.54, 1.807) is 6.07 Å². The van der Waals surface area contributed by atoms with Crippen molar-refractivity contribution in [2.24, 2.45) is 0 Å². The molecule has 2 aromatic rings. The second-order valence-electron chi connectivity index (χ2n) is 4.21. The van der Waals surface area contributed by atoms with Crippen LogP contribution in [0.3, 0.4) is 0 Å². The predicted octanol–water partition coefficient (Wildman–Crippen LogP) is 4.09. The van der Waals surface area contributed by atoms with Crippen molar-refractivity contribution in [2.45, 2.75) is 9.79 Å². The highest BCUT2D eigenvalue weighted by Crippen LogP contribution is 2.39. The van der Waals surface area contributed by atoms with Gasteiger partial charge in [0.05, 0.1) is 4.47 Å². The van der Waals surface area contributed by atoms with Gasteiger partial charge in [0.15, 0.2) is 11.5 Å². The van der Waals surface area contributed by atoms with Gasteiger partial charge >= 0.3 is 0 Å². The highest BCUT2D eigenvalue weighted by atomic mass is 79.9. The summed E-state index contributed by atoms with van der Waals surface area (Å²) in [7, 11) is 0. The van der Waals surface area contributed by atoms with Crippen LogP contribution in [0.25, 0.3) is 0 Å². The Morgan fingerprint density at radius 2 is 1.85 bits per heavy atom. The Balaban J connectivity index is 1.89. The third-order valence-corrected chi connectivity index (χ3v) is 4.46. The van der Waals surface area contributed by atoms with Crippen molar-refractivity contribution in [3.05, 3.63) is 40.6 Å². The number of nitrogens with two attached hydrogens (primary N) is 1. The number of hydrogen-bond acceptors (Lipinski definition) is 4. The summed E-state index contributed by atoms with van der Waals surface area (Å²) in [5, 5.41) is 0. The van der Waals surface area contributed by atoms with Crippen LogP contribution < -0.4 is 15.2 Å². The van der Waals surface area contributed by atoms with E-state index in [-0.39, 0.29) is 5.82 Å². The zero-order valence-electron chi connectivity index (χ0n) is 10.4. The molecule has 0 fully saturated rings. The quantitative estimate of drug-likeness (QED) is 0.824. The smallest absolute Gasteiger partial charge is 0.162 e.